The Morgan fingerprint density at radius 3 is 2.47 bits per heavy atom. The highest BCUT2D eigenvalue weighted by Crippen LogP contribution is 2.23. The number of hydrogen-bond acceptors (Lipinski definition) is 4. The van der Waals surface area contributed by atoms with E-state index in [2.05, 4.69) is 20.5 Å². The van der Waals surface area contributed by atoms with Gasteiger partial charge in [-0.05, 0) is 61.4 Å². The fourth-order valence-electron chi connectivity index (χ4n) is 3.85. The van der Waals surface area contributed by atoms with Gasteiger partial charge in [-0.1, -0.05) is 35.3 Å². The predicted octanol–water partition coefficient (Wildman–Crippen LogP) is 5.69. The van der Waals surface area contributed by atoms with E-state index in [4.69, 9.17) is 23.2 Å². The number of carbonyl (C=O) groups is 2. The summed E-state index contributed by atoms with van der Waals surface area (Å²) in [7, 11) is 0. The quantitative estimate of drug-likeness (QED) is 0.484. The molecule has 3 aromatic rings. The second kappa shape index (κ2) is 10.8. The minimum atomic E-state index is -0.329. The molecule has 0 bridgehead atoms. The molecule has 34 heavy (non-hydrogen) atoms. The molecule has 1 fully saturated rings. The molecule has 1 aliphatic rings. The van der Waals surface area contributed by atoms with Gasteiger partial charge in [0.2, 0.25) is 0 Å². The Hall–Kier alpha value is -3.29. The molecule has 4 rings (SSSR count). The predicted molar refractivity (Wildman–Crippen MR) is 137 cm³/mol. The molecule has 1 aliphatic heterocycles. The lowest BCUT2D eigenvalue weighted by Gasteiger charge is -2.23. The number of benzene rings is 2. The summed E-state index contributed by atoms with van der Waals surface area (Å²) in [6.45, 7) is 4.57. The number of hydrogen-bond donors (Lipinski definition) is 2. The maximum absolute atomic E-state index is 12.9. The third-order valence-electron chi connectivity index (χ3n) is 5.55. The summed E-state index contributed by atoms with van der Waals surface area (Å²) < 4.78 is 0. The van der Waals surface area contributed by atoms with Gasteiger partial charge in [0.25, 0.3) is 5.91 Å². The van der Waals surface area contributed by atoms with Crippen LogP contribution in [0.3, 0.4) is 0 Å². The number of carbonyl (C=O) groups excluding carboxylic acids is 2. The van der Waals surface area contributed by atoms with Crippen molar-refractivity contribution in [3.63, 3.8) is 0 Å². The van der Waals surface area contributed by atoms with Gasteiger partial charge in [0.1, 0.15) is 5.82 Å². The second-order valence-corrected chi connectivity index (χ2v) is 8.95. The van der Waals surface area contributed by atoms with Crippen LogP contribution in [0.1, 0.15) is 22.3 Å². The van der Waals surface area contributed by atoms with Gasteiger partial charge < -0.3 is 20.4 Å². The molecule has 7 nitrogen and oxygen atoms in total. The van der Waals surface area contributed by atoms with Crippen molar-refractivity contribution >= 4 is 52.3 Å². The van der Waals surface area contributed by atoms with Crippen molar-refractivity contribution in [2.45, 2.75) is 13.3 Å². The Balaban J connectivity index is 1.34. The standard InChI is InChI=1S/C25H25Cl2N5O2/c1-17-4-2-5-19(14-17)29-25(34)30-20-7-9-23(28-16-20)31-10-3-11-32(13-12-31)24(33)21-8-6-18(26)15-22(21)27/h2,4-9,14-16H,3,10-13H2,1H3,(H2,29,30,34). The zero-order chi connectivity index (χ0) is 24.1. The molecule has 0 unspecified atom stereocenters. The first-order valence-electron chi connectivity index (χ1n) is 11.0. The number of pyridine rings is 1. The van der Waals surface area contributed by atoms with E-state index in [1.54, 1.807) is 29.3 Å². The van der Waals surface area contributed by atoms with Crippen LogP contribution in [0.2, 0.25) is 10.0 Å². The van der Waals surface area contributed by atoms with Gasteiger partial charge in [0.15, 0.2) is 0 Å². The molecule has 0 spiro atoms. The Kier molecular flexibility index (Phi) is 7.55. The molecule has 1 saturated heterocycles. The normalized spacial score (nSPS) is 13.9. The monoisotopic (exact) mass is 497 g/mol. The summed E-state index contributed by atoms with van der Waals surface area (Å²) in [4.78, 5) is 33.7. The highest BCUT2D eigenvalue weighted by atomic mass is 35.5. The average Bonchev–Trinajstić information content (AvgIpc) is 3.05. The number of rotatable bonds is 4. The number of amides is 3. The molecule has 0 aliphatic carbocycles. The van der Waals surface area contributed by atoms with E-state index in [0.717, 1.165) is 30.0 Å². The Bertz CT molecular complexity index is 1190. The number of nitrogens with zero attached hydrogens (tertiary/aromatic N) is 3. The van der Waals surface area contributed by atoms with Crippen molar-refractivity contribution in [3.05, 3.63) is 82.0 Å². The zero-order valence-corrected chi connectivity index (χ0v) is 20.2. The minimum Gasteiger partial charge on any atom is -0.355 e. The Morgan fingerprint density at radius 1 is 0.912 bits per heavy atom. The smallest absolute Gasteiger partial charge is 0.323 e. The molecule has 0 saturated carbocycles. The van der Waals surface area contributed by atoms with E-state index in [-0.39, 0.29) is 11.9 Å². The molecule has 176 valence electrons. The maximum atomic E-state index is 12.9. The van der Waals surface area contributed by atoms with Gasteiger partial charge in [-0.15, -0.1) is 0 Å². The lowest BCUT2D eigenvalue weighted by molar-refractivity contribution is 0.0767. The van der Waals surface area contributed by atoms with Crippen LogP contribution in [0.5, 0.6) is 0 Å². The summed E-state index contributed by atoms with van der Waals surface area (Å²) in [5, 5.41) is 6.46. The van der Waals surface area contributed by atoms with E-state index < -0.39 is 0 Å². The second-order valence-electron chi connectivity index (χ2n) is 8.11. The number of urea groups is 1. The number of halogens is 2. The van der Waals surface area contributed by atoms with Crippen molar-refractivity contribution in [2.75, 3.05) is 41.7 Å². The molecule has 0 atom stereocenters. The summed E-state index contributed by atoms with van der Waals surface area (Å²) in [5.41, 5.74) is 2.85. The number of nitrogens with one attached hydrogen (secondary N) is 2. The third kappa shape index (κ3) is 5.98. The first-order chi connectivity index (χ1) is 16.4. The SMILES string of the molecule is Cc1cccc(NC(=O)Nc2ccc(N3CCCN(C(=O)c4ccc(Cl)cc4Cl)CC3)nc2)c1. The van der Waals surface area contributed by atoms with E-state index in [9.17, 15) is 9.59 Å². The molecule has 2 aromatic carbocycles. The lowest BCUT2D eigenvalue weighted by Crippen LogP contribution is -2.35. The van der Waals surface area contributed by atoms with Crippen molar-refractivity contribution < 1.29 is 9.59 Å². The number of aryl methyl sites for hydroxylation is 1. The van der Waals surface area contributed by atoms with Crippen LogP contribution >= 0.6 is 23.2 Å². The summed E-state index contributed by atoms with van der Waals surface area (Å²) in [6, 6.07) is 15.9. The van der Waals surface area contributed by atoms with E-state index in [0.29, 0.717) is 40.9 Å². The van der Waals surface area contributed by atoms with Gasteiger partial charge in [0.05, 0.1) is 22.5 Å². The maximum Gasteiger partial charge on any atom is 0.323 e. The molecule has 2 N–H and O–H groups in total. The number of aromatic nitrogens is 1. The molecule has 3 amide bonds. The van der Waals surface area contributed by atoms with Crippen molar-refractivity contribution in [1.82, 2.24) is 9.88 Å². The highest BCUT2D eigenvalue weighted by molar-refractivity contribution is 6.36. The zero-order valence-electron chi connectivity index (χ0n) is 18.7. The Morgan fingerprint density at radius 2 is 1.74 bits per heavy atom. The first kappa shape index (κ1) is 23.9. The Labute approximate surface area is 208 Å². The van der Waals surface area contributed by atoms with Crippen LogP contribution in [-0.2, 0) is 0 Å². The van der Waals surface area contributed by atoms with Crippen molar-refractivity contribution in [1.29, 1.82) is 0 Å². The van der Waals surface area contributed by atoms with Crippen LogP contribution in [0.25, 0.3) is 0 Å². The van der Waals surface area contributed by atoms with Crippen LogP contribution in [0.15, 0.2) is 60.8 Å². The molecule has 0 radical (unpaired) electrons. The van der Waals surface area contributed by atoms with Gasteiger partial charge in [-0.2, -0.15) is 0 Å². The van der Waals surface area contributed by atoms with Crippen molar-refractivity contribution in [3.8, 4) is 0 Å². The molecule has 1 aromatic heterocycles. The van der Waals surface area contributed by atoms with Crippen LogP contribution in [0.4, 0.5) is 22.0 Å². The largest absolute Gasteiger partial charge is 0.355 e. The topological polar surface area (TPSA) is 77.6 Å². The van der Waals surface area contributed by atoms with Crippen LogP contribution in [0, 0.1) is 6.92 Å². The average molecular weight is 498 g/mol. The van der Waals surface area contributed by atoms with Gasteiger partial charge in [-0.25, -0.2) is 9.78 Å². The lowest BCUT2D eigenvalue weighted by atomic mass is 10.2. The molecular formula is C25H25Cl2N5O2. The summed E-state index contributed by atoms with van der Waals surface area (Å²) in [5.74, 6) is 0.694. The van der Waals surface area contributed by atoms with Gasteiger partial charge in [0, 0.05) is 36.9 Å². The highest BCUT2D eigenvalue weighted by Gasteiger charge is 2.22. The van der Waals surface area contributed by atoms with Crippen LogP contribution in [-0.4, -0.2) is 48.0 Å². The molecule has 9 heteroatoms. The fourth-order valence-corrected chi connectivity index (χ4v) is 4.34. The summed E-state index contributed by atoms with van der Waals surface area (Å²) >= 11 is 12.2. The van der Waals surface area contributed by atoms with Crippen molar-refractivity contribution in [2.24, 2.45) is 0 Å². The molecular weight excluding hydrogens is 473 g/mol. The van der Waals surface area contributed by atoms with E-state index in [1.807, 2.05) is 43.3 Å². The van der Waals surface area contributed by atoms with Crippen LogP contribution < -0.4 is 15.5 Å². The van der Waals surface area contributed by atoms with E-state index in [1.165, 1.54) is 0 Å². The third-order valence-corrected chi connectivity index (χ3v) is 6.10. The van der Waals surface area contributed by atoms with Gasteiger partial charge >= 0.3 is 6.03 Å². The fraction of sp³-hybridized carbons (Fsp3) is 0.240. The van der Waals surface area contributed by atoms with Gasteiger partial charge in [-0.3, -0.25) is 4.79 Å². The minimum absolute atomic E-state index is 0.101. The summed E-state index contributed by atoms with van der Waals surface area (Å²) in [6.07, 6.45) is 2.43. The molecule has 2 heterocycles. The van der Waals surface area contributed by atoms with E-state index >= 15 is 0 Å². The first-order valence-corrected chi connectivity index (χ1v) is 11.7. The number of anilines is 3.